The lowest BCUT2D eigenvalue weighted by Crippen LogP contribution is -2.52. The highest BCUT2D eigenvalue weighted by atomic mass is 16.1. The lowest BCUT2D eigenvalue weighted by Gasteiger charge is -2.56. The van der Waals surface area contributed by atoms with Crippen LogP contribution in [-0.4, -0.2) is 11.6 Å². The molecule has 29 heavy (non-hydrogen) atoms. The van der Waals surface area contributed by atoms with Crippen molar-refractivity contribution in [3.05, 3.63) is 0 Å². The van der Waals surface area contributed by atoms with Gasteiger partial charge in [-0.25, -0.2) is 0 Å². The molecule has 2 nitrogen and oxygen atoms in total. The molecule has 3 aliphatic rings. The Balaban J connectivity index is 1.73. The Hall–Kier alpha value is -0.660. The van der Waals surface area contributed by atoms with Crippen LogP contribution in [0.2, 0.25) is 0 Å². The fourth-order valence-corrected chi connectivity index (χ4v) is 8.06. The highest BCUT2D eigenvalue weighted by Gasteiger charge is 2.59. The summed E-state index contributed by atoms with van der Waals surface area (Å²) in [6.45, 7) is 13.7. The number of ketones is 2. The molecule has 0 aliphatic heterocycles. The molecule has 3 saturated carbocycles. The molecule has 0 amide bonds. The zero-order valence-corrected chi connectivity index (χ0v) is 20.1. The number of hydrogen-bond donors (Lipinski definition) is 0. The summed E-state index contributed by atoms with van der Waals surface area (Å²) in [5, 5.41) is 0. The van der Waals surface area contributed by atoms with Crippen molar-refractivity contribution in [2.24, 2.45) is 46.3 Å². The van der Waals surface area contributed by atoms with E-state index in [9.17, 15) is 9.59 Å². The molecule has 0 spiro atoms. The topological polar surface area (TPSA) is 34.1 Å². The first-order chi connectivity index (χ1) is 13.6. The van der Waals surface area contributed by atoms with Gasteiger partial charge in [-0.15, -0.1) is 0 Å². The summed E-state index contributed by atoms with van der Waals surface area (Å²) in [4.78, 5) is 24.7. The summed E-state index contributed by atoms with van der Waals surface area (Å²) < 4.78 is 0. The van der Waals surface area contributed by atoms with Crippen molar-refractivity contribution in [3.63, 3.8) is 0 Å². The van der Waals surface area contributed by atoms with Gasteiger partial charge in [0, 0.05) is 18.3 Å². The van der Waals surface area contributed by atoms with Gasteiger partial charge in [-0.05, 0) is 86.4 Å². The van der Waals surface area contributed by atoms with E-state index in [0.717, 1.165) is 42.9 Å². The standard InChI is InChI=1S/C27H46O2/c1-18(2)8-7-9-19(3)22-11-12-23-21-10-13-25(29)27(6,16-14-20(4)28)24(21)15-17-26(22,23)5/h18-19,21-24H,7-17H2,1-6H3/t19-,21+,22-,23+,24+,26-,27-/m1/s1. The number of carbonyl (C=O) groups is 2. The minimum atomic E-state index is -0.253. The van der Waals surface area contributed by atoms with Crippen LogP contribution >= 0.6 is 0 Å². The summed E-state index contributed by atoms with van der Waals surface area (Å²) in [5.41, 5.74) is 0.219. The van der Waals surface area contributed by atoms with E-state index in [1.807, 2.05) is 0 Å². The van der Waals surface area contributed by atoms with E-state index < -0.39 is 0 Å². The minimum absolute atomic E-state index is 0.234. The lowest BCUT2D eigenvalue weighted by molar-refractivity contribution is -0.146. The molecule has 0 aromatic heterocycles. The van der Waals surface area contributed by atoms with Crippen molar-refractivity contribution < 1.29 is 9.59 Å². The summed E-state index contributed by atoms with van der Waals surface area (Å²) in [7, 11) is 0. The second kappa shape index (κ2) is 8.83. The molecule has 3 fully saturated rings. The molecule has 2 heteroatoms. The Bertz CT molecular complexity index is 608. The Morgan fingerprint density at radius 2 is 1.76 bits per heavy atom. The summed E-state index contributed by atoms with van der Waals surface area (Å²) >= 11 is 0. The number of hydrogen-bond acceptors (Lipinski definition) is 2. The fraction of sp³-hybridized carbons (Fsp3) is 0.926. The minimum Gasteiger partial charge on any atom is -0.300 e. The predicted octanol–water partition coefficient (Wildman–Crippen LogP) is 7.25. The molecular weight excluding hydrogens is 356 g/mol. The third-order valence-electron chi connectivity index (χ3n) is 9.79. The van der Waals surface area contributed by atoms with Gasteiger partial charge in [-0.1, -0.05) is 53.9 Å². The van der Waals surface area contributed by atoms with Crippen molar-refractivity contribution in [1.29, 1.82) is 0 Å². The number of Topliss-reactive ketones (excluding diaryl/α,β-unsaturated/α-hetero) is 2. The summed E-state index contributed by atoms with van der Waals surface area (Å²) in [6, 6.07) is 0. The number of fused-ring (bicyclic) bond motifs is 3. The monoisotopic (exact) mass is 402 g/mol. The third-order valence-corrected chi connectivity index (χ3v) is 9.79. The van der Waals surface area contributed by atoms with E-state index in [0.29, 0.717) is 29.5 Å². The second-order valence-corrected chi connectivity index (χ2v) is 12.0. The molecule has 0 bridgehead atoms. The zero-order valence-electron chi connectivity index (χ0n) is 20.1. The molecule has 7 atom stereocenters. The molecule has 0 heterocycles. The zero-order chi connectivity index (χ0) is 21.4. The molecule has 0 unspecified atom stereocenters. The smallest absolute Gasteiger partial charge is 0.139 e. The van der Waals surface area contributed by atoms with Crippen LogP contribution in [0.5, 0.6) is 0 Å². The Morgan fingerprint density at radius 3 is 2.41 bits per heavy atom. The lowest BCUT2D eigenvalue weighted by atomic mass is 9.48. The number of carbonyl (C=O) groups excluding carboxylic acids is 2. The van der Waals surface area contributed by atoms with Gasteiger partial charge >= 0.3 is 0 Å². The second-order valence-electron chi connectivity index (χ2n) is 12.0. The first-order valence-electron chi connectivity index (χ1n) is 12.6. The molecule has 3 aliphatic carbocycles. The first-order valence-corrected chi connectivity index (χ1v) is 12.6. The quantitative estimate of drug-likeness (QED) is 0.428. The normalized spacial score (nSPS) is 40.6. The molecular formula is C27H46O2. The van der Waals surface area contributed by atoms with Gasteiger partial charge in [0.2, 0.25) is 0 Å². The summed E-state index contributed by atoms with van der Waals surface area (Å²) in [5.74, 6) is 5.20. The van der Waals surface area contributed by atoms with Gasteiger partial charge in [-0.3, -0.25) is 4.79 Å². The van der Waals surface area contributed by atoms with Gasteiger partial charge in [0.05, 0.1) is 0 Å². The maximum Gasteiger partial charge on any atom is 0.139 e. The van der Waals surface area contributed by atoms with Crippen LogP contribution in [-0.2, 0) is 9.59 Å². The molecule has 0 aromatic carbocycles. The summed E-state index contributed by atoms with van der Waals surface area (Å²) in [6.07, 6.45) is 12.6. The molecule has 0 saturated heterocycles. The molecule has 0 N–H and O–H groups in total. The molecule has 3 rings (SSSR count). The molecule has 0 aromatic rings. The Morgan fingerprint density at radius 1 is 1.03 bits per heavy atom. The van der Waals surface area contributed by atoms with E-state index in [1.165, 1.54) is 44.9 Å². The third kappa shape index (κ3) is 4.38. The predicted molar refractivity (Wildman–Crippen MR) is 121 cm³/mol. The van der Waals surface area contributed by atoms with Crippen molar-refractivity contribution in [2.45, 2.75) is 112 Å². The molecule has 0 radical (unpaired) electrons. The van der Waals surface area contributed by atoms with E-state index in [2.05, 4.69) is 34.6 Å². The van der Waals surface area contributed by atoms with E-state index in [1.54, 1.807) is 6.92 Å². The average Bonchev–Trinajstić information content (AvgIpc) is 3.00. The largest absolute Gasteiger partial charge is 0.300 e. The Kier molecular flexibility index (Phi) is 7.01. The van der Waals surface area contributed by atoms with E-state index in [4.69, 9.17) is 0 Å². The Labute approximate surface area is 180 Å². The highest BCUT2D eigenvalue weighted by molar-refractivity contribution is 5.86. The molecule has 166 valence electrons. The van der Waals surface area contributed by atoms with Gasteiger partial charge in [0.1, 0.15) is 11.6 Å². The van der Waals surface area contributed by atoms with Crippen molar-refractivity contribution in [3.8, 4) is 0 Å². The maximum atomic E-state index is 13.0. The number of rotatable bonds is 8. The van der Waals surface area contributed by atoms with Crippen LogP contribution in [0.1, 0.15) is 112 Å². The van der Waals surface area contributed by atoms with Gasteiger partial charge < -0.3 is 4.79 Å². The maximum absolute atomic E-state index is 13.0. The van der Waals surface area contributed by atoms with Gasteiger partial charge in [0.25, 0.3) is 0 Å². The van der Waals surface area contributed by atoms with E-state index >= 15 is 0 Å². The van der Waals surface area contributed by atoms with Gasteiger partial charge in [0.15, 0.2) is 0 Å². The highest BCUT2D eigenvalue weighted by Crippen LogP contribution is 2.65. The van der Waals surface area contributed by atoms with E-state index in [-0.39, 0.29) is 11.2 Å². The van der Waals surface area contributed by atoms with Crippen LogP contribution < -0.4 is 0 Å². The average molecular weight is 403 g/mol. The van der Waals surface area contributed by atoms with Gasteiger partial charge in [-0.2, -0.15) is 0 Å². The van der Waals surface area contributed by atoms with Crippen molar-refractivity contribution in [1.82, 2.24) is 0 Å². The van der Waals surface area contributed by atoms with Crippen LogP contribution in [0.25, 0.3) is 0 Å². The first kappa shape index (κ1) is 23.0. The van der Waals surface area contributed by atoms with Crippen LogP contribution in [0.15, 0.2) is 0 Å². The van der Waals surface area contributed by atoms with Crippen LogP contribution in [0.3, 0.4) is 0 Å². The SMILES string of the molecule is CC(=O)CC[C@@]1(C)C(=O)CC[C@H]2[C@@H]3CC[C@H]([C@H](C)CCCC(C)C)[C@@]3(C)CC[C@@H]21. The van der Waals surface area contributed by atoms with Crippen LogP contribution in [0.4, 0.5) is 0 Å². The van der Waals surface area contributed by atoms with Crippen molar-refractivity contribution >= 4 is 11.6 Å². The van der Waals surface area contributed by atoms with Crippen LogP contribution in [0, 0.1) is 46.3 Å². The fourth-order valence-electron chi connectivity index (χ4n) is 8.06. The van der Waals surface area contributed by atoms with Crippen molar-refractivity contribution in [2.75, 3.05) is 0 Å².